The number of hydrogen-bond donors (Lipinski definition) is 2. The van der Waals surface area contributed by atoms with Crippen molar-refractivity contribution >= 4 is 28.9 Å². The van der Waals surface area contributed by atoms with E-state index in [1.165, 1.54) is 0 Å². The lowest BCUT2D eigenvalue weighted by molar-refractivity contribution is 0.185. The van der Waals surface area contributed by atoms with Gasteiger partial charge in [0.25, 0.3) is 0 Å². The average Bonchev–Trinajstić information content (AvgIpc) is 3.25. The molecule has 1 fully saturated rings. The fourth-order valence-electron chi connectivity index (χ4n) is 3.01. The molecule has 1 aliphatic rings. The normalized spacial score (nSPS) is 16.9. The number of anilines is 3. The number of pyridine rings is 1. The molecule has 0 bridgehead atoms. The van der Waals surface area contributed by atoms with Crippen molar-refractivity contribution in [3.8, 4) is 11.3 Å². The number of aryl methyl sites for hydroxylation is 1. The van der Waals surface area contributed by atoms with Crippen molar-refractivity contribution in [2.75, 3.05) is 16.8 Å². The minimum Gasteiger partial charge on any atom is -0.374 e. The third kappa shape index (κ3) is 3.33. The van der Waals surface area contributed by atoms with Crippen molar-refractivity contribution in [3.63, 3.8) is 0 Å². The molecule has 3 aromatic rings. The maximum Gasteiger partial charge on any atom is 0.227 e. The van der Waals surface area contributed by atoms with Gasteiger partial charge in [-0.1, -0.05) is 11.6 Å². The van der Waals surface area contributed by atoms with Crippen molar-refractivity contribution in [1.29, 1.82) is 0 Å². The second kappa shape index (κ2) is 6.89. The molecular formula is C17H18ClN7O. The van der Waals surface area contributed by atoms with Crippen molar-refractivity contribution < 1.29 is 5.11 Å². The van der Waals surface area contributed by atoms with E-state index in [0.717, 1.165) is 36.3 Å². The molecule has 0 saturated carbocycles. The first-order chi connectivity index (χ1) is 12.6. The van der Waals surface area contributed by atoms with Gasteiger partial charge in [0.1, 0.15) is 6.23 Å². The zero-order chi connectivity index (χ0) is 18.1. The third-order valence-electron chi connectivity index (χ3n) is 4.26. The van der Waals surface area contributed by atoms with Crippen LogP contribution in [0.2, 0.25) is 5.02 Å². The van der Waals surface area contributed by atoms with Crippen molar-refractivity contribution in [1.82, 2.24) is 24.7 Å². The fraction of sp³-hybridized carbons (Fsp3) is 0.294. The molecule has 0 aromatic carbocycles. The van der Waals surface area contributed by atoms with Crippen LogP contribution in [-0.2, 0) is 7.05 Å². The van der Waals surface area contributed by atoms with E-state index in [1.54, 1.807) is 29.5 Å². The smallest absolute Gasteiger partial charge is 0.227 e. The number of aliphatic hydroxyl groups is 1. The van der Waals surface area contributed by atoms with Gasteiger partial charge in [-0.25, -0.2) is 9.97 Å². The van der Waals surface area contributed by atoms with Gasteiger partial charge in [-0.2, -0.15) is 5.10 Å². The summed E-state index contributed by atoms with van der Waals surface area (Å²) in [5, 5.41) is 17.8. The van der Waals surface area contributed by atoms with Crippen molar-refractivity contribution in [3.05, 3.63) is 42.1 Å². The molecule has 0 aliphatic carbocycles. The summed E-state index contributed by atoms with van der Waals surface area (Å²) in [6, 6.07) is 1.92. The maximum absolute atomic E-state index is 10.0. The number of aliphatic hydroxyl groups excluding tert-OH is 1. The zero-order valence-corrected chi connectivity index (χ0v) is 14.9. The first-order valence-corrected chi connectivity index (χ1v) is 8.66. The molecule has 0 amide bonds. The second-order valence-corrected chi connectivity index (χ2v) is 6.57. The molecule has 1 saturated heterocycles. The van der Waals surface area contributed by atoms with Crippen LogP contribution in [0.3, 0.4) is 0 Å². The van der Waals surface area contributed by atoms with Gasteiger partial charge < -0.3 is 15.3 Å². The zero-order valence-electron chi connectivity index (χ0n) is 14.2. The lowest BCUT2D eigenvalue weighted by atomic mass is 10.2. The number of hydrogen-bond acceptors (Lipinski definition) is 7. The molecule has 26 heavy (non-hydrogen) atoms. The Morgan fingerprint density at radius 3 is 2.88 bits per heavy atom. The van der Waals surface area contributed by atoms with E-state index in [9.17, 15) is 5.11 Å². The van der Waals surface area contributed by atoms with Crippen molar-refractivity contribution in [2.45, 2.75) is 19.1 Å². The summed E-state index contributed by atoms with van der Waals surface area (Å²) in [5.41, 5.74) is 3.02. The summed E-state index contributed by atoms with van der Waals surface area (Å²) in [6.45, 7) is 0.814. The van der Waals surface area contributed by atoms with Gasteiger partial charge in [-0.3, -0.25) is 9.67 Å². The SMILES string of the molecule is Cn1cc(-c2nc(Nc3cncc(N4CCCC4O)c3)ncc2Cl)cn1. The van der Waals surface area contributed by atoms with Gasteiger partial charge in [0, 0.05) is 25.4 Å². The topological polar surface area (TPSA) is 92.0 Å². The van der Waals surface area contributed by atoms with Gasteiger partial charge in [0.05, 0.1) is 46.9 Å². The predicted octanol–water partition coefficient (Wildman–Crippen LogP) is 2.59. The van der Waals surface area contributed by atoms with Gasteiger partial charge in [0.2, 0.25) is 5.95 Å². The Balaban J connectivity index is 1.60. The Kier molecular flexibility index (Phi) is 4.44. The predicted molar refractivity (Wildman–Crippen MR) is 99.4 cm³/mol. The standard InChI is InChI=1S/C17H18ClN7O/c1-24-10-11(6-21-24)16-14(18)9-20-17(23-16)22-12-5-13(8-19-7-12)25-4-2-3-15(25)26/h5-10,15,26H,2-4H2,1H3,(H,20,22,23). The third-order valence-corrected chi connectivity index (χ3v) is 4.53. The molecule has 134 valence electrons. The quantitative estimate of drug-likeness (QED) is 0.728. The molecule has 1 atom stereocenters. The molecule has 0 radical (unpaired) electrons. The van der Waals surface area contributed by atoms with Crippen LogP contribution in [0.25, 0.3) is 11.3 Å². The number of rotatable bonds is 4. The summed E-state index contributed by atoms with van der Waals surface area (Å²) in [6.07, 6.45) is 9.80. The number of nitrogens with zero attached hydrogens (tertiary/aromatic N) is 6. The Morgan fingerprint density at radius 2 is 2.15 bits per heavy atom. The van der Waals surface area contributed by atoms with E-state index in [-0.39, 0.29) is 0 Å². The Morgan fingerprint density at radius 1 is 1.27 bits per heavy atom. The lowest BCUT2D eigenvalue weighted by Gasteiger charge is -2.22. The highest BCUT2D eigenvalue weighted by Crippen LogP contribution is 2.28. The van der Waals surface area contributed by atoms with E-state index < -0.39 is 6.23 Å². The summed E-state index contributed by atoms with van der Waals surface area (Å²) >= 11 is 6.23. The number of halogens is 1. The largest absolute Gasteiger partial charge is 0.374 e. The first kappa shape index (κ1) is 16.7. The monoisotopic (exact) mass is 371 g/mol. The molecule has 1 unspecified atom stereocenters. The van der Waals surface area contributed by atoms with E-state index in [2.05, 4.69) is 25.4 Å². The second-order valence-electron chi connectivity index (χ2n) is 6.17. The van der Waals surface area contributed by atoms with E-state index in [0.29, 0.717) is 16.7 Å². The molecular weight excluding hydrogens is 354 g/mol. The highest BCUT2D eigenvalue weighted by Gasteiger charge is 2.22. The molecule has 8 nitrogen and oxygen atoms in total. The Bertz CT molecular complexity index is 929. The molecule has 0 spiro atoms. The van der Waals surface area contributed by atoms with Crippen LogP contribution < -0.4 is 10.2 Å². The van der Waals surface area contributed by atoms with Gasteiger partial charge in [-0.05, 0) is 18.9 Å². The molecule has 9 heteroatoms. The molecule has 3 aromatic heterocycles. The van der Waals surface area contributed by atoms with E-state index in [1.807, 2.05) is 24.2 Å². The number of aromatic nitrogens is 5. The van der Waals surface area contributed by atoms with E-state index in [4.69, 9.17) is 11.6 Å². The maximum atomic E-state index is 10.0. The summed E-state index contributed by atoms with van der Waals surface area (Å²) < 4.78 is 1.69. The van der Waals surface area contributed by atoms with Crippen LogP contribution in [0.5, 0.6) is 0 Å². The molecule has 2 N–H and O–H groups in total. The minimum absolute atomic E-state index is 0.411. The van der Waals surface area contributed by atoms with E-state index >= 15 is 0 Å². The number of nitrogens with one attached hydrogen (secondary N) is 1. The van der Waals surface area contributed by atoms with Gasteiger partial charge in [-0.15, -0.1) is 0 Å². The van der Waals surface area contributed by atoms with Crippen LogP contribution in [0.1, 0.15) is 12.8 Å². The van der Waals surface area contributed by atoms with Crippen LogP contribution in [0.4, 0.5) is 17.3 Å². The van der Waals surface area contributed by atoms with Crippen LogP contribution in [0, 0.1) is 0 Å². The molecule has 1 aliphatic heterocycles. The average molecular weight is 372 g/mol. The molecule has 4 rings (SSSR count). The summed E-state index contributed by atoms with van der Waals surface area (Å²) in [5.74, 6) is 0.411. The lowest BCUT2D eigenvalue weighted by Crippen LogP contribution is -2.28. The first-order valence-electron chi connectivity index (χ1n) is 8.28. The highest BCUT2D eigenvalue weighted by molar-refractivity contribution is 6.32. The summed E-state index contributed by atoms with van der Waals surface area (Å²) in [7, 11) is 1.84. The Labute approximate surface area is 155 Å². The minimum atomic E-state index is -0.462. The van der Waals surface area contributed by atoms with Crippen LogP contribution >= 0.6 is 11.6 Å². The summed E-state index contributed by atoms with van der Waals surface area (Å²) in [4.78, 5) is 14.9. The van der Waals surface area contributed by atoms with Gasteiger partial charge >= 0.3 is 0 Å². The Hall–Kier alpha value is -2.71. The van der Waals surface area contributed by atoms with Crippen molar-refractivity contribution in [2.24, 2.45) is 7.05 Å². The molecule has 4 heterocycles. The van der Waals surface area contributed by atoms with Crippen LogP contribution in [0.15, 0.2) is 37.1 Å². The highest BCUT2D eigenvalue weighted by atomic mass is 35.5. The van der Waals surface area contributed by atoms with Gasteiger partial charge in [0.15, 0.2) is 0 Å². The fourth-order valence-corrected chi connectivity index (χ4v) is 3.21. The van der Waals surface area contributed by atoms with Crippen LogP contribution in [-0.4, -0.2) is 42.6 Å².